The van der Waals surface area contributed by atoms with Crippen LogP contribution < -0.4 is 4.74 Å². The van der Waals surface area contributed by atoms with Gasteiger partial charge in [-0.15, -0.1) is 23.5 Å². The Morgan fingerprint density at radius 2 is 1.16 bits per heavy atom. The molecule has 0 aliphatic carbocycles. The van der Waals surface area contributed by atoms with Crippen molar-refractivity contribution >= 4 is 40.4 Å². The van der Waals surface area contributed by atoms with Gasteiger partial charge in [-0.1, -0.05) is 91.0 Å². The van der Waals surface area contributed by atoms with Crippen molar-refractivity contribution in [1.82, 2.24) is 0 Å². The average molecular weight is 537 g/mol. The van der Waals surface area contributed by atoms with Gasteiger partial charge < -0.3 is 4.74 Å². The molecule has 190 valence electrons. The largest absolute Gasteiger partial charge is 0.488 e. The van der Waals surface area contributed by atoms with E-state index in [0.29, 0.717) is 6.61 Å². The fraction of sp³-hybridized carbons (Fsp3) is 0.121. The molecule has 0 saturated heterocycles. The number of carbonyl (C=O) groups excluding carboxylic acids is 2. The van der Waals surface area contributed by atoms with Crippen molar-refractivity contribution in [2.45, 2.75) is 22.8 Å². The third-order valence-electron chi connectivity index (χ3n) is 6.22. The van der Waals surface area contributed by atoms with Crippen molar-refractivity contribution in [3.8, 4) is 16.9 Å². The molecule has 5 aromatic rings. The zero-order valence-corrected chi connectivity index (χ0v) is 23.0. The van der Waals surface area contributed by atoms with Crippen LogP contribution in [0.15, 0.2) is 119 Å². The van der Waals surface area contributed by atoms with Gasteiger partial charge in [-0.3, -0.25) is 0 Å². The molecule has 0 aromatic heterocycles. The Bertz CT molecular complexity index is 1510. The van der Waals surface area contributed by atoms with E-state index in [4.69, 9.17) is 14.3 Å². The molecule has 0 unspecified atom stereocenters. The van der Waals surface area contributed by atoms with E-state index in [2.05, 4.69) is 116 Å². The van der Waals surface area contributed by atoms with E-state index in [1.807, 2.05) is 6.07 Å². The van der Waals surface area contributed by atoms with E-state index in [9.17, 15) is 0 Å². The Balaban J connectivity index is 0.00000107. The Labute approximate surface area is 232 Å². The Kier molecular flexibility index (Phi) is 9.83. The molecule has 0 N–H and O–H groups in total. The third kappa shape index (κ3) is 6.56. The number of fused-ring (bicyclic) bond motifs is 1. The molecule has 0 aliphatic heterocycles. The second-order valence-corrected chi connectivity index (χ2v) is 10.2. The molecule has 0 saturated carbocycles. The normalized spacial score (nSPS) is 10.4. The maximum absolute atomic E-state index is 8.12. The van der Waals surface area contributed by atoms with Crippen LogP contribution in [0.1, 0.15) is 16.7 Å². The van der Waals surface area contributed by atoms with Crippen LogP contribution in [-0.2, 0) is 22.6 Å². The quantitative estimate of drug-likeness (QED) is 0.186. The summed E-state index contributed by atoms with van der Waals surface area (Å²) in [5.74, 6) is 0.942. The third-order valence-corrected chi connectivity index (χ3v) is 7.91. The second kappa shape index (κ2) is 13.7. The zero-order chi connectivity index (χ0) is 26.7. The maximum atomic E-state index is 8.12. The molecule has 5 rings (SSSR count). The van der Waals surface area contributed by atoms with Crippen molar-refractivity contribution in [3.05, 3.63) is 126 Å². The molecule has 0 amide bonds. The minimum absolute atomic E-state index is 0.250. The predicted molar refractivity (Wildman–Crippen MR) is 158 cm³/mol. The summed E-state index contributed by atoms with van der Waals surface area (Å²) < 4.78 is 6.53. The molecule has 0 atom stereocenters. The lowest BCUT2D eigenvalue weighted by Crippen LogP contribution is -2.00. The van der Waals surface area contributed by atoms with Gasteiger partial charge in [0.25, 0.3) is 0 Å². The summed E-state index contributed by atoms with van der Waals surface area (Å²) in [4.78, 5) is 18.8. The number of hydrogen-bond acceptors (Lipinski definition) is 5. The van der Waals surface area contributed by atoms with Crippen molar-refractivity contribution in [2.75, 3.05) is 12.5 Å². The number of benzene rings is 5. The first-order valence-corrected chi connectivity index (χ1v) is 14.6. The highest BCUT2D eigenvalue weighted by atomic mass is 32.2. The lowest BCUT2D eigenvalue weighted by molar-refractivity contribution is -0.191. The van der Waals surface area contributed by atoms with Crippen LogP contribution in [0.5, 0.6) is 5.75 Å². The summed E-state index contributed by atoms with van der Waals surface area (Å²) in [6.07, 6.45) is 5.40. The SMILES string of the molecule is CSc1cc2c(OCc3ccccc3)cc(Cc3ccccc3)c(-c3ccccc3)c2cc1SC.O=C=O. The average Bonchev–Trinajstić information content (AvgIpc) is 2.97. The lowest BCUT2D eigenvalue weighted by Gasteiger charge is -2.20. The number of thioether (sulfide) groups is 2. The predicted octanol–water partition coefficient (Wildman–Crippen LogP) is 8.54. The molecule has 5 aromatic carbocycles. The van der Waals surface area contributed by atoms with Crippen molar-refractivity contribution in [1.29, 1.82) is 0 Å². The van der Waals surface area contributed by atoms with E-state index in [0.717, 1.165) is 12.2 Å². The topological polar surface area (TPSA) is 43.4 Å². The summed E-state index contributed by atoms with van der Waals surface area (Å²) in [5, 5.41) is 2.41. The van der Waals surface area contributed by atoms with Crippen LogP contribution >= 0.6 is 23.5 Å². The maximum Gasteiger partial charge on any atom is 0.373 e. The van der Waals surface area contributed by atoms with Gasteiger partial charge >= 0.3 is 6.15 Å². The molecular formula is C33H28O3S2. The zero-order valence-electron chi connectivity index (χ0n) is 21.3. The van der Waals surface area contributed by atoms with Crippen LogP contribution in [0, 0.1) is 0 Å². The molecule has 38 heavy (non-hydrogen) atoms. The number of rotatable bonds is 8. The molecule has 0 fully saturated rings. The van der Waals surface area contributed by atoms with Gasteiger partial charge in [0.05, 0.1) is 0 Å². The second-order valence-electron chi connectivity index (χ2n) is 8.55. The molecule has 0 spiro atoms. The Morgan fingerprint density at radius 1 is 0.658 bits per heavy atom. The van der Waals surface area contributed by atoms with Crippen LogP contribution in [0.25, 0.3) is 21.9 Å². The summed E-state index contributed by atoms with van der Waals surface area (Å²) in [6.45, 7) is 0.546. The van der Waals surface area contributed by atoms with E-state index < -0.39 is 0 Å². The smallest absolute Gasteiger partial charge is 0.373 e. The van der Waals surface area contributed by atoms with Crippen molar-refractivity contribution in [3.63, 3.8) is 0 Å². The highest BCUT2D eigenvalue weighted by Crippen LogP contribution is 2.43. The monoisotopic (exact) mass is 536 g/mol. The van der Waals surface area contributed by atoms with E-state index in [1.54, 1.807) is 23.5 Å². The Hall–Kier alpha value is -3.76. The van der Waals surface area contributed by atoms with Gasteiger partial charge in [-0.25, -0.2) is 0 Å². The van der Waals surface area contributed by atoms with Crippen LogP contribution in [0.3, 0.4) is 0 Å². The first-order chi connectivity index (χ1) is 18.7. The number of hydrogen-bond donors (Lipinski definition) is 0. The minimum atomic E-state index is 0.250. The van der Waals surface area contributed by atoms with Gasteiger partial charge in [-0.05, 0) is 70.3 Å². The van der Waals surface area contributed by atoms with Crippen molar-refractivity contribution < 1.29 is 14.3 Å². The van der Waals surface area contributed by atoms with Gasteiger partial charge in [0.15, 0.2) is 0 Å². The van der Waals surface area contributed by atoms with Crippen LogP contribution in [0.2, 0.25) is 0 Å². The van der Waals surface area contributed by atoms with Gasteiger partial charge in [-0.2, -0.15) is 9.59 Å². The fourth-order valence-electron chi connectivity index (χ4n) is 4.53. The highest BCUT2D eigenvalue weighted by molar-refractivity contribution is 8.01. The molecule has 3 nitrogen and oxygen atoms in total. The highest BCUT2D eigenvalue weighted by Gasteiger charge is 2.18. The molecular weight excluding hydrogens is 508 g/mol. The van der Waals surface area contributed by atoms with E-state index >= 15 is 0 Å². The lowest BCUT2D eigenvalue weighted by atomic mass is 9.89. The van der Waals surface area contributed by atoms with Crippen molar-refractivity contribution in [2.24, 2.45) is 0 Å². The fourth-order valence-corrected chi connectivity index (χ4v) is 6.02. The van der Waals surface area contributed by atoms with Crippen LogP contribution in [-0.4, -0.2) is 18.7 Å². The summed E-state index contributed by atoms with van der Waals surface area (Å²) in [5.41, 5.74) is 6.27. The molecule has 0 bridgehead atoms. The van der Waals surface area contributed by atoms with Gasteiger partial charge in [0.1, 0.15) is 12.4 Å². The summed E-state index contributed by atoms with van der Waals surface area (Å²) in [7, 11) is 0. The molecule has 0 heterocycles. The Morgan fingerprint density at radius 3 is 1.71 bits per heavy atom. The van der Waals surface area contributed by atoms with Gasteiger partial charge in [0.2, 0.25) is 0 Å². The minimum Gasteiger partial charge on any atom is -0.488 e. The molecule has 5 heteroatoms. The first kappa shape index (κ1) is 27.3. The summed E-state index contributed by atoms with van der Waals surface area (Å²) in [6, 6.07) is 38.8. The van der Waals surface area contributed by atoms with E-state index in [-0.39, 0.29) is 6.15 Å². The van der Waals surface area contributed by atoms with Gasteiger partial charge in [0, 0.05) is 15.2 Å². The molecule has 0 radical (unpaired) electrons. The summed E-state index contributed by atoms with van der Waals surface area (Å²) >= 11 is 3.59. The standard InChI is InChI=1S/C32H28OS2.CO2/c1-34-30-20-27-28(21-31(30)35-2)32(25-16-10-5-11-17-25)26(18-23-12-6-3-7-13-23)19-29(27)33-22-24-14-8-4-9-15-24;2-1-3/h3-17,19-21H,18,22H2,1-2H3;. The first-order valence-electron chi connectivity index (χ1n) is 12.2. The van der Waals surface area contributed by atoms with Crippen LogP contribution in [0.4, 0.5) is 0 Å². The van der Waals surface area contributed by atoms with E-state index in [1.165, 1.54) is 48.4 Å². The molecule has 0 aliphatic rings. The number of ether oxygens (including phenoxy) is 1.